The summed E-state index contributed by atoms with van der Waals surface area (Å²) in [6.07, 6.45) is 19.8. The van der Waals surface area contributed by atoms with Crippen LogP contribution < -0.4 is 19.3 Å². The van der Waals surface area contributed by atoms with Crippen LogP contribution in [0.2, 0.25) is 0 Å². The summed E-state index contributed by atoms with van der Waals surface area (Å²) in [5.41, 5.74) is 7.34. The number of methoxy groups -OCH3 is 2. The maximum Gasteiger partial charge on any atom is 0.410 e. The normalized spacial score (nSPS) is 23.2. The third-order valence-corrected chi connectivity index (χ3v) is 18.8. The molecule has 4 saturated carbocycles. The number of oxazole rings is 2. The molecular weight excluding hydrogens is 1110 g/mol. The minimum atomic E-state index is -0.299. The number of hydrogen-bond acceptors (Lipinski definition) is 16. The molecule has 1 N–H and O–H groups in total. The van der Waals surface area contributed by atoms with E-state index in [1.807, 2.05) is 73.9 Å². The fourth-order valence-corrected chi connectivity index (χ4v) is 13.4. The van der Waals surface area contributed by atoms with Gasteiger partial charge in [0.1, 0.15) is 53.2 Å². The predicted octanol–water partition coefficient (Wildman–Crippen LogP) is 13.3. The van der Waals surface area contributed by atoms with Crippen molar-refractivity contribution in [1.82, 2.24) is 34.8 Å². The van der Waals surface area contributed by atoms with Gasteiger partial charge in [-0.3, -0.25) is 29.4 Å². The molecule has 4 aliphatic carbocycles. The van der Waals surface area contributed by atoms with E-state index in [4.69, 9.17) is 42.7 Å². The van der Waals surface area contributed by atoms with Crippen molar-refractivity contribution in [2.24, 2.45) is 23.7 Å². The third-order valence-electron chi connectivity index (χ3n) is 18.8. The van der Waals surface area contributed by atoms with E-state index in [9.17, 15) is 19.5 Å². The zero-order valence-electron chi connectivity index (χ0n) is 52.9. The van der Waals surface area contributed by atoms with E-state index in [0.29, 0.717) is 138 Å². The highest BCUT2D eigenvalue weighted by molar-refractivity contribution is 5.95. The number of morpholine rings is 1. The second-order valence-corrected chi connectivity index (χ2v) is 25.6. The van der Waals surface area contributed by atoms with Crippen molar-refractivity contribution in [3.63, 3.8) is 0 Å². The van der Waals surface area contributed by atoms with Crippen molar-refractivity contribution in [3.05, 3.63) is 108 Å². The Balaban J connectivity index is 0.000000198. The Hall–Kier alpha value is -7.25. The highest BCUT2D eigenvalue weighted by Gasteiger charge is 2.37. The zero-order valence-corrected chi connectivity index (χ0v) is 52.9. The van der Waals surface area contributed by atoms with E-state index in [1.54, 1.807) is 44.0 Å². The van der Waals surface area contributed by atoms with Gasteiger partial charge in [-0.25, -0.2) is 24.7 Å². The summed E-state index contributed by atoms with van der Waals surface area (Å²) in [5.74, 6) is 6.21. The molecule has 0 bridgehead atoms. The fraction of sp³-hybridized carbons (Fsp3) is 0.580. The lowest BCUT2D eigenvalue weighted by Gasteiger charge is -2.36. The van der Waals surface area contributed by atoms with E-state index >= 15 is 0 Å². The van der Waals surface area contributed by atoms with Gasteiger partial charge in [-0.1, -0.05) is 27.7 Å². The lowest BCUT2D eigenvalue weighted by Crippen LogP contribution is -2.44. The number of ether oxygens (including phenoxy) is 4. The van der Waals surface area contributed by atoms with Gasteiger partial charge in [-0.15, -0.1) is 0 Å². The van der Waals surface area contributed by atoms with Crippen LogP contribution in [0.1, 0.15) is 189 Å². The Morgan fingerprint density at radius 1 is 0.580 bits per heavy atom. The van der Waals surface area contributed by atoms with Crippen molar-refractivity contribution < 1.29 is 47.3 Å². The molecule has 5 fully saturated rings. The Kier molecular flexibility index (Phi) is 21.6. The molecule has 3 amide bonds. The van der Waals surface area contributed by atoms with E-state index in [-0.39, 0.29) is 53.8 Å². The fourth-order valence-electron chi connectivity index (χ4n) is 13.4. The predicted molar refractivity (Wildman–Crippen MR) is 335 cm³/mol. The first-order chi connectivity index (χ1) is 42.6. The molecule has 19 heteroatoms. The summed E-state index contributed by atoms with van der Waals surface area (Å²) >= 11 is 0. The van der Waals surface area contributed by atoms with Crippen LogP contribution >= 0.6 is 0 Å². The van der Waals surface area contributed by atoms with E-state index in [0.717, 1.165) is 108 Å². The zero-order chi connectivity index (χ0) is 61.8. The average Bonchev–Trinajstić information content (AvgIpc) is 2.54. The number of carbonyl (C=O) groups excluding carboxylic acids is 3. The van der Waals surface area contributed by atoms with Gasteiger partial charge in [-0.2, -0.15) is 0 Å². The Morgan fingerprint density at radius 2 is 1.01 bits per heavy atom. The monoisotopic (exact) mass is 1210 g/mol. The van der Waals surface area contributed by atoms with Gasteiger partial charge >= 0.3 is 6.09 Å². The first kappa shape index (κ1) is 63.8. The van der Waals surface area contributed by atoms with E-state index < -0.39 is 0 Å². The molecule has 0 radical (unpaired) electrons. The van der Waals surface area contributed by atoms with Gasteiger partial charge in [0.25, 0.3) is 0 Å². The number of pyridine rings is 4. The maximum atomic E-state index is 14.4. The van der Waals surface area contributed by atoms with Crippen molar-refractivity contribution in [3.8, 4) is 34.0 Å². The molecule has 6 aromatic rings. The second kappa shape index (κ2) is 29.8. The molecule has 472 valence electrons. The number of rotatable bonds is 17. The molecule has 6 aromatic heterocycles. The summed E-state index contributed by atoms with van der Waals surface area (Å²) < 4.78 is 33.4. The van der Waals surface area contributed by atoms with Crippen molar-refractivity contribution >= 4 is 29.5 Å². The summed E-state index contributed by atoms with van der Waals surface area (Å²) in [6.45, 7) is 15.6. The smallest absolute Gasteiger partial charge is 0.410 e. The lowest BCUT2D eigenvalue weighted by atomic mass is 9.79. The van der Waals surface area contributed by atoms with Crippen molar-refractivity contribution in [2.45, 2.75) is 180 Å². The van der Waals surface area contributed by atoms with Crippen LogP contribution in [-0.2, 0) is 19.1 Å². The first-order valence-electron chi connectivity index (χ1n) is 32.3. The molecule has 0 unspecified atom stereocenters. The molecule has 1 aliphatic heterocycles. The Labute approximate surface area is 518 Å². The standard InChI is InChI=1S/C37H49N5O6.C32H42N4O4/c1-24(2)35-40-32(23-47-35)29-15-16-38-34(21-29)42(22-26-5-7-27(8-6-26)31-13-14-33(45-4)25(3)39-31)36(43)28-9-11-30(12-10-28)48-37(44)41-17-19-46-20-18-41;1-20(2)31-35-28(19-40-31)25-15-16-33-30(17-25)36(32(38)24-9-11-26(37)12-10-24)18-22-5-7-23(8-6-22)27-13-14-29(39-4)21(3)34-27/h13-16,21,23-24,26-28,30H,5-12,17-20,22H2,1-4H3;13-17,19-20,22-24,26,37H,5-12,18H2,1-4H3. The molecule has 7 heterocycles. The van der Waals surface area contributed by atoms with Crippen LogP contribution in [0, 0.1) is 37.5 Å². The number of aryl methyl sites for hydroxylation is 2. The molecule has 19 nitrogen and oxygen atoms in total. The van der Waals surface area contributed by atoms with Gasteiger partial charge < -0.3 is 37.8 Å². The minimum absolute atomic E-state index is 0.0868. The first-order valence-corrected chi connectivity index (χ1v) is 32.3. The van der Waals surface area contributed by atoms with Gasteiger partial charge in [0, 0.05) is 96.6 Å². The number of aliphatic hydroxyl groups is 1. The number of carbonyl (C=O) groups is 3. The van der Waals surface area contributed by atoms with Crippen LogP contribution in [0.3, 0.4) is 0 Å². The Bertz CT molecular complexity index is 3250. The van der Waals surface area contributed by atoms with Gasteiger partial charge in [0.15, 0.2) is 11.8 Å². The van der Waals surface area contributed by atoms with E-state index in [2.05, 4.69) is 40.9 Å². The highest BCUT2D eigenvalue weighted by Crippen LogP contribution is 2.41. The molecule has 0 spiro atoms. The van der Waals surface area contributed by atoms with Crippen LogP contribution in [0.5, 0.6) is 11.5 Å². The van der Waals surface area contributed by atoms with Crippen LogP contribution in [0.4, 0.5) is 16.4 Å². The highest BCUT2D eigenvalue weighted by atomic mass is 16.6. The number of amides is 3. The second-order valence-electron chi connectivity index (χ2n) is 25.6. The number of anilines is 2. The van der Waals surface area contributed by atoms with Crippen LogP contribution in [0.25, 0.3) is 22.5 Å². The molecule has 0 aromatic carbocycles. The van der Waals surface area contributed by atoms with Gasteiger partial charge in [0.05, 0.1) is 44.9 Å². The van der Waals surface area contributed by atoms with Gasteiger partial charge in [-0.05, 0) is 177 Å². The minimum Gasteiger partial charge on any atom is -0.495 e. The Morgan fingerprint density at radius 3 is 1.41 bits per heavy atom. The summed E-state index contributed by atoms with van der Waals surface area (Å²) in [6, 6.07) is 16.0. The van der Waals surface area contributed by atoms with Crippen LogP contribution in [0.15, 0.2) is 82.3 Å². The SMILES string of the molecule is COc1ccc(C2CCC(CN(C(=O)C3CCC(O)CC3)c3cc(-c4coc(C(C)C)n4)ccn3)CC2)nc1C.COc1ccc(C2CCC(CN(C(=O)C3CCC(OC(=O)N4CCOCC4)CC3)c3cc(-c4coc(C(C)C)n4)ccn3)CC2)nc1C. The topological polar surface area (TPSA) is 222 Å². The van der Waals surface area contributed by atoms with Crippen molar-refractivity contribution in [1.29, 1.82) is 0 Å². The van der Waals surface area contributed by atoms with E-state index in [1.165, 1.54) is 0 Å². The molecule has 88 heavy (non-hydrogen) atoms. The van der Waals surface area contributed by atoms with Crippen molar-refractivity contribution in [2.75, 3.05) is 63.4 Å². The molecule has 1 saturated heterocycles. The van der Waals surface area contributed by atoms with Crippen LogP contribution in [-0.4, -0.2) is 124 Å². The molecule has 11 rings (SSSR count). The summed E-state index contributed by atoms with van der Waals surface area (Å²) in [7, 11) is 3.35. The average molecular weight is 1210 g/mol. The largest absolute Gasteiger partial charge is 0.495 e. The molecule has 5 aliphatic rings. The number of nitrogens with zero attached hydrogens (tertiary/aromatic N) is 9. The molecular formula is C69H91N9O10. The third kappa shape index (κ3) is 16.0. The van der Waals surface area contributed by atoms with Gasteiger partial charge in [0.2, 0.25) is 11.8 Å². The molecule has 0 atom stereocenters. The summed E-state index contributed by atoms with van der Waals surface area (Å²) in [4.78, 5) is 74.9. The quantitative estimate of drug-likeness (QED) is 0.0897. The lowest BCUT2D eigenvalue weighted by molar-refractivity contribution is -0.125. The number of aliphatic hydroxyl groups excluding tert-OH is 1. The maximum absolute atomic E-state index is 14.4. The number of aromatic nitrogens is 6. The summed E-state index contributed by atoms with van der Waals surface area (Å²) in [5, 5.41) is 10.0. The number of hydrogen-bond donors (Lipinski definition) is 1.